The Kier molecular flexibility index (Phi) is 10.5. The third-order valence-electron chi connectivity index (χ3n) is 13.8. The number of aryl methyl sites for hydroxylation is 2. The molecule has 4 N–H and O–H groups in total. The molecule has 0 aliphatic carbocycles. The van der Waals surface area contributed by atoms with Crippen LogP contribution in [0.5, 0.6) is 0 Å². The van der Waals surface area contributed by atoms with Crippen molar-refractivity contribution in [2.75, 3.05) is 13.1 Å². The fraction of sp³-hybridized carbons (Fsp3) is 0.207. The van der Waals surface area contributed by atoms with Gasteiger partial charge in [0.15, 0.2) is 0 Å². The molecule has 2 atom stereocenters. The Morgan fingerprint density at radius 1 is 0.431 bits per heavy atom. The molecule has 0 saturated heterocycles. The molecule has 0 aliphatic rings. The van der Waals surface area contributed by atoms with Crippen molar-refractivity contribution in [2.24, 2.45) is 0 Å². The van der Waals surface area contributed by atoms with E-state index in [4.69, 9.17) is 4.42 Å². The van der Waals surface area contributed by atoms with E-state index in [0.29, 0.717) is 25.9 Å². The van der Waals surface area contributed by atoms with E-state index in [2.05, 4.69) is 156 Å². The number of furan rings is 1. The van der Waals surface area contributed by atoms with Gasteiger partial charge < -0.3 is 25.7 Å². The van der Waals surface area contributed by atoms with Crippen LogP contribution in [0.25, 0.3) is 86.6 Å². The summed E-state index contributed by atoms with van der Waals surface area (Å²) < 4.78 is 6.75. The second kappa shape index (κ2) is 17.0. The van der Waals surface area contributed by atoms with E-state index in [1.54, 1.807) is 0 Å². The maximum Gasteiger partial charge on any atom is 0.315 e. The second-order valence-electron chi connectivity index (χ2n) is 17.6. The molecule has 1 aromatic heterocycles. The minimum Gasteiger partial charge on any atom is -0.455 e. The van der Waals surface area contributed by atoms with E-state index in [-0.39, 0.29) is 24.1 Å². The number of para-hydroxylation sites is 2. The summed E-state index contributed by atoms with van der Waals surface area (Å²) in [5.74, 6) is 0. The van der Waals surface area contributed by atoms with Gasteiger partial charge >= 0.3 is 12.1 Å². The maximum absolute atomic E-state index is 13.4. The molecule has 4 amide bonds. The molecule has 1 heterocycles. The van der Waals surface area contributed by atoms with Gasteiger partial charge in [0.1, 0.15) is 11.2 Å². The lowest BCUT2D eigenvalue weighted by molar-refractivity contribution is 0.236. The van der Waals surface area contributed by atoms with Crippen molar-refractivity contribution < 1.29 is 14.0 Å². The van der Waals surface area contributed by atoms with Crippen LogP contribution in [0.2, 0.25) is 0 Å². The molecule has 322 valence electrons. The fourth-order valence-electron chi connectivity index (χ4n) is 10.6. The van der Waals surface area contributed by atoms with Crippen molar-refractivity contribution in [1.82, 2.24) is 21.3 Å². The van der Waals surface area contributed by atoms with Gasteiger partial charge in [0.25, 0.3) is 0 Å². The number of benzene rings is 10. The molecule has 65 heavy (non-hydrogen) atoms. The van der Waals surface area contributed by atoms with Crippen molar-refractivity contribution in [3.8, 4) is 0 Å². The number of rotatable bonds is 14. The molecular formula is C58H52N4O3. The zero-order valence-electron chi connectivity index (χ0n) is 36.9. The van der Waals surface area contributed by atoms with E-state index in [0.717, 1.165) is 58.7 Å². The number of amides is 4. The summed E-state index contributed by atoms with van der Waals surface area (Å²) in [4.78, 5) is 26.8. The van der Waals surface area contributed by atoms with Crippen LogP contribution < -0.4 is 21.3 Å². The number of fused-ring (bicyclic) bond motifs is 3. The number of urea groups is 2. The molecule has 10 aromatic carbocycles. The van der Waals surface area contributed by atoms with Crippen LogP contribution in [-0.2, 0) is 12.8 Å². The van der Waals surface area contributed by atoms with Crippen molar-refractivity contribution in [2.45, 2.75) is 64.5 Å². The molecule has 0 unspecified atom stereocenters. The number of hydrogen-bond acceptors (Lipinski definition) is 3. The van der Waals surface area contributed by atoms with Gasteiger partial charge in [-0.2, -0.15) is 0 Å². The van der Waals surface area contributed by atoms with Gasteiger partial charge in [-0.3, -0.25) is 0 Å². The van der Waals surface area contributed by atoms with Crippen LogP contribution in [0.4, 0.5) is 9.59 Å². The predicted molar refractivity (Wildman–Crippen MR) is 270 cm³/mol. The third-order valence-corrected chi connectivity index (χ3v) is 13.8. The zero-order chi connectivity index (χ0) is 44.0. The molecule has 11 aromatic rings. The highest BCUT2D eigenvalue weighted by Crippen LogP contribution is 2.40. The SMILES string of the molecule is CC[C@@H](NC(=O)NCCCc1ccc2ccc3cccc4ccc1c2c34)c1cccc2c1oc1c([C@@H](CC)NC(=O)NCCCc3ccc4ccc5cccc6ccc3c4c56)cccc12. The van der Waals surface area contributed by atoms with E-state index in [9.17, 15) is 9.59 Å². The number of carbonyl (C=O) groups excluding carboxylic acids is 2. The molecule has 0 aliphatic heterocycles. The normalized spacial score (nSPS) is 13.0. The molecule has 0 bridgehead atoms. The molecular weight excluding hydrogens is 801 g/mol. The summed E-state index contributed by atoms with van der Waals surface area (Å²) in [5, 5.41) is 30.2. The molecule has 0 saturated carbocycles. The average Bonchev–Trinajstić information content (AvgIpc) is 3.74. The summed E-state index contributed by atoms with van der Waals surface area (Å²) in [7, 11) is 0. The minimum atomic E-state index is -0.257. The highest BCUT2D eigenvalue weighted by molar-refractivity contribution is 6.24. The van der Waals surface area contributed by atoms with Crippen molar-refractivity contribution in [1.29, 1.82) is 0 Å². The molecule has 7 nitrogen and oxygen atoms in total. The van der Waals surface area contributed by atoms with Crippen LogP contribution in [0.15, 0.2) is 150 Å². The van der Waals surface area contributed by atoms with Gasteiger partial charge in [-0.05, 0) is 114 Å². The van der Waals surface area contributed by atoms with E-state index in [1.165, 1.54) is 75.8 Å². The topological polar surface area (TPSA) is 95.4 Å². The Morgan fingerprint density at radius 2 is 0.800 bits per heavy atom. The molecule has 11 rings (SSSR count). The van der Waals surface area contributed by atoms with Gasteiger partial charge in [0.05, 0.1) is 12.1 Å². The first kappa shape index (κ1) is 40.4. The first-order valence-corrected chi connectivity index (χ1v) is 23.3. The van der Waals surface area contributed by atoms with Crippen LogP contribution in [0.1, 0.15) is 73.9 Å². The monoisotopic (exact) mass is 852 g/mol. The highest BCUT2D eigenvalue weighted by Gasteiger charge is 2.23. The van der Waals surface area contributed by atoms with Crippen LogP contribution in [-0.4, -0.2) is 25.2 Å². The quantitative estimate of drug-likeness (QED) is 0.0648. The van der Waals surface area contributed by atoms with Gasteiger partial charge in [-0.1, -0.05) is 159 Å². The van der Waals surface area contributed by atoms with Gasteiger partial charge in [0, 0.05) is 35.0 Å². The van der Waals surface area contributed by atoms with E-state index < -0.39 is 0 Å². The predicted octanol–water partition coefficient (Wildman–Crippen LogP) is 14.1. The van der Waals surface area contributed by atoms with Gasteiger partial charge in [0.2, 0.25) is 0 Å². The largest absolute Gasteiger partial charge is 0.455 e. The van der Waals surface area contributed by atoms with Gasteiger partial charge in [-0.15, -0.1) is 0 Å². The van der Waals surface area contributed by atoms with Gasteiger partial charge in [-0.25, -0.2) is 9.59 Å². The Bertz CT molecular complexity index is 3290. The number of carbonyl (C=O) groups is 2. The number of hydrogen-bond donors (Lipinski definition) is 4. The summed E-state index contributed by atoms with van der Waals surface area (Å²) >= 11 is 0. The van der Waals surface area contributed by atoms with Crippen molar-refractivity contribution in [3.63, 3.8) is 0 Å². The molecule has 0 spiro atoms. The lowest BCUT2D eigenvalue weighted by Gasteiger charge is -2.19. The number of nitrogens with one attached hydrogen (secondary N) is 4. The van der Waals surface area contributed by atoms with Crippen molar-refractivity contribution in [3.05, 3.63) is 168 Å². The van der Waals surface area contributed by atoms with Crippen LogP contribution in [0.3, 0.4) is 0 Å². The van der Waals surface area contributed by atoms with E-state index in [1.807, 2.05) is 24.3 Å². The van der Waals surface area contributed by atoms with Crippen LogP contribution in [0, 0.1) is 0 Å². The first-order chi connectivity index (χ1) is 32.0. The zero-order valence-corrected chi connectivity index (χ0v) is 36.9. The standard InChI is InChI=1S/C58H52N4O3/c1-3-49(61-57(63)59-33-9-15-35-21-23-41-27-25-37-11-5-13-39-29-31-43(35)53(41)51(37)39)47-19-7-17-45-46-18-8-20-48(56(46)65-55(45)47)50(4-2)62-58(64)60-34-10-16-36-22-24-42-28-26-38-12-6-14-40-30-32-44(36)54(42)52(38)40/h5-8,11-14,17-32,49-50H,3-4,9-10,15-16,33-34H2,1-2H3,(H2,59,61,63)(H2,60,62,64)/t49-,50-/m1/s1. The smallest absolute Gasteiger partial charge is 0.315 e. The third kappa shape index (κ3) is 7.25. The highest BCUT2D eigenvalue weighted by atomic mass is 16.3. The summed E-state index contributed by atoms with van der Waals surface area (Å²) in [5.41, 5.74) is 5.96. The summed E-state index contributed by atoms with van der Waals surface area (Å²) in [6.45, 7) is 5.27. The minimum absolute atomic E-state index is 0.196. The maximum atomic E-state index is 13.4. The first-order valence-electron chi connectivity index (χ1n) is 23.3. The lowest BCUT2D eigenvalue weighted by atomic mass is 9.91. The Balaban J connectivity index is 0.733. The fourth-order valence-corrected chi connectivity index (χ4v) is 10.6. The van der Waals surface area contributed by atoms with Crippen molar-refractivity contribution >= 4 is 98.6 Å². The average molecular weight is 853 g/mol. The Hall–Kier alpha value is -7.38. The lowest BCUT2D eigenvalue weighted by Crippen LogP contribution is -2.38. The van der Waals surface area contributed by atoms with E-state index >= 15 is 0 Å². The summed E-state index contributed by atoms with van der Waals surface area (Å²) in [6.07, 6.45) is 4.76. The van der Waals surface area contributed by atoms with Crippen LogP contribution >= 0.6 is 0 Å². The molecule has 0 fully saturated rings. The Morgan fingerprint density at radius 3 is 1.22 bits per heavy atom. The Labute approximate surface area is 377 Å². The molecule has 7 heteroatoms. The second-order valence-corrected chi connectivity index (χ2v) is 17.6. The molecule has 0 radical (unpaired) electrons. The summed E-state index contributed by atoms with van der Waals surface area (Å²) in [6, 6.07) is 51.1.